The SMILES string of the molecule is CN(Cl)C1CCCCn2c1nc(C(=O)NCc1ccc(F)cc1)c(OS(C)(=O)=O)c2=O. The van der Waals surface area contributed by atoms with Crippen molar-refractivity contribution in [3.05, 3.63) is 57.5 Å². The number of nitrogens with one attached hydrogen (secondary N) is 1. The lowest BCUT2D eigenvalue weighted by Gasteiger charge is -2.23. The lowest BCUT2D eigenvalue weighted by molar-refractivity contribution is 0.0942. The third kappa shape index (κ3) is 5.60. The Hall–Kier alpha value is -2.50. The van der Waals surface area contributed by atoms with Crippen molar-refractivity contribution in [1.29, 1.82) is 0 Å². The number of fused-ring (bicyclic) bond motifs is 1. The molecule has 1 unspecified atom stereocenters. The zero-order chi connectivity index (χ0) is 22.8. The lowest BCUT2D eigenvalue weighted by atomic mass is 10.1. The molecule has 1 atom stereocenters. The minimum atomic E-state index is -4.10. The van der Waals surface area contributed by atoms with E-state index in [0.717, 1.165) is 12.7 Å². The van der Waals surface area contributed by atoms with Gasteiger partial charge in [0.25, 0.3) is 11.5 Å². The molecule has 2 heterocycles. The van der Waals surface area contributed by atoms with Gasteiger partial charge in [-0.25, -0.2) is 13.8 Å². The second-order valence-electron chi connectivity index (χ2n) is 7.24. The Bertz CT molecular complexity index is 1140. The van der Waals surface area contributed by atoms with E-state index in [1.807, 2.05) is 0 Å². The number of carbonyl (C=O) groups excluding carboxylic acids is 1. The summed E-state index contributed by atoms with van der Waals surface area (Å²) in [6.07, 6.45) is 2.80. The van der Waals surface area contributed by atoms with E-state index in [4.69, 9.17) is 16.0 Å². The molecule has 1 amide bonds. The molecule has 0 fully saturated rings. The fourth-order valence-corrected chi connectivity index (χ4v) is 3.98. The van der Waals surface area contributed by atoms with Gasteiger partial charge in [0.05, 0.1) is 12.3 Å². The van der Waals surface area contributed by atoms with Crippen LogP contribution in [-0.2, 0) is 23.2 Å². The standard InChI is InChI=1S/C19H22ClFN4O5S/c1-24(20)14-5-3-4-10-25-17(14)23-15(16(19(25)27)30-31(2,28)29)18(26)22-11-12-6-8-13(21)9-7-12/h6-9,14H,3-5,10-11H2,1-2H3,(H,22,26). The van der Waals surface area contributed by atoms with Gasteiger partial charge in [-0.3, -0.25) is 14.2 Å². The van der Waals surface area contributed by atoms with E-state index in [1.54, 1.807) is 7.05 Å². The van der Waals surface area contributed by atoms with Crippen LogP contribution in [0.4, 0.5) is 4.39 Å². The molecule has 9 nitrogen and oxygen atoms in total. The summed E-state index contributed by atoms with van der Waals surface area (Å²) >= 11 is 6.16. The first kappa shape index (κ1) is 23.2. The number of hydrogen-bond donors (Lipinski definition) is 1. The maximum atomic E-state index is 13.1. The minimum Gasteiger partial charge on any atom is -0.374 e. The third-order valence-corrected chi connectivity index (χ3v) is 5.52. The van der Waals surface area contributed by atoms with Crippen LogP contribution >= 0.6 is 11.8 Å². The maximum absolute atomic E-state index is 13.1. The summed E-state index contributed by atoms with van der Waals surface area (Å²) in [7, 11) is -2.49. The number of halogens is 2. The number of carbonyl (C=O) groups is 1. The van der Waals surface area contributed by atoms with Gasteiger partial charge < -0.3 is 9.50 Å². The summed E-state index contributed by atoms with van der Waals surface area (Å²) in [6, 6.07) is 5.01. The van der Waals surface area contributed by atoms with Crippen LogP contribution in [0.1, 0.15) is 47.2 Å². The molecule has 1 aromatic carbocycles. The topological polar surface area (TPSA) is 111 Å². The van der Waals surface area contributed by atoms with Gasteiger partial charge in [0, 0.05) is 20.1 Å². The third-order valence-electron chi connectivity index (χ3n) is 4.81. The van der Waals surface area contributed by atoms with E-state index >= 15 is 0 Å². The molecule has 1 N–H and O–H groups in total. The zero-order valence-corrected chi connectivity index (χ0v) is 18.5. The highest BCUT2D eigenvalue weighted by Gasteiger charge is 2.31. The fourth-order valence-electron chi connectivity index (χ4n) is 3.35. The number of rotatable bonds is 6. The van der Waals surface area contributed by atoms with Crippen LogP contribution in [0.2, 0.25) is 0 Å². The molecule has 1 aromatic heterocycles. The van der Waals surface area contributed by atoms with E-state index in [2.05, 4.69) is 10.3 Å². The molecular weight excluding hydrogens is 451 g/mol. The first-order chi connectivity index (χ1) is 14.6. The van der Waals surface area contributed by atoms with Crippen LogP contribution in [0, 0.1) is 5.82 Å². The van der Waals surface area contributed by atoms with Crippen molar-refractivity contribution < 1.29 is 21.8 Å². The molecule has 0 saturated carbocycles. The van der Waals surface area contributed by atoms with Gasteiger partial charge >= 0.3 is 10.1 Å². The number of hydrogen-bond acceptors (Lipinski definition) is 7. The van der Waals surface area contributed by atoms with Gasteiger partial charge in [0.2, 0.25) is 5.75 Å². The highest BCUT2D eigenvalue weighted by Crippen LogP contribution is 2.29. The highest BCUT2D eigenvalue weighted by atomic mass is 35.5. The zero-order valence-electron chi connectivity index (χ0n) is 17.0. The van der Waals surface area contributed by atoms with Crippen molar-refractivity contribution >= 4 is 27.8 Å². The van der Waals surface area contributed by atoms with E-state index in [-0.39, 0.29) is 12.4 Å². The molecule has 0 aliphatic carbocycles. The van der Waals surface area contributed by atoms with Crippen LogP contribution in [0.3, 0.4) is 0 Å². The van der Waals surface area contributed by atoms with Gasteiger partial charge in [-0.2, -0.15) is 8.42 Å². The summed E-state index contributed by atoms with van der Waals surface area (Å²) in [6.45, 7) is 0.302. The Kier molecular flexibility index (Phi) is 6.97. The van der Waals surface area contributed by atoms with E-state index in [0.29, 0.717) is 24.9 Å². The predicted octanol–water partition coefficient (Wildman–Crippen LogP) is 1.96. The van der Waals surface area contributed by atoms with Gasteiger partial charge in [0.15, 0.2) is 5.69 Å². The molecule has 1 aliphatic heterocycles. The molecule has 1 aliphatic rings. The van der Waals surface area contributed by atoms with E-state index in [1.165, 1.54) is 33.3 Å². The van der Waals surface area contributed by atoms with Crippen LogP contribution in [0.15, 0.2) is 29.1 Å². The molecule has 12 heteroatoms. The van der Waals surface area contributed by atoms with Gasteiger partial charge in [-0.15, -0.1) is 0 Å². The molecule has 31 heavy (non-hydrogen) atoms. The molecule has 0 bridgehead atoms. The number of aromatic nitrogens is 2. The summed E-state index contributed by atoms with van der Waals surface area (Å²) in [5.41, 5.74) is -0.618. The van der Waals surface area contributed by atoms with Gasteiger partial charge in [-0.05, 0) is 48.7 Å². The normalized spacial score (nSPS) is 16.5. The monoisotopic (exact) mass is 472 g/mol. The molecule has 0 spiro atoms. The van der Waals surface area contributed by atoms with Crippen molar-refractivity contribution in [2.24, 2.45) is 0 Å². The summed E-state index contributed by atoms with van der Waals surface area (Å²) in [4.78, 5) is 30.3. The van der Waals surface area contributed by atoms with Crippen LogP contribution in [0.25, 0.3) is 0 Å². The first-order valence-electron chi connectivity index (χ1n) is 9.52. The molecular formula is C19H22ClFN4O5S. The molecule has 2 aromatic rings. The minimum absolute atomic E-state index is 0.0103. The Morgan fingerprint density at radius 2 is 2.03 bits per heavy atom. The van der Waals surface area contributed by atoms with E-state index in [9.17, 15) is 22.4 Å². The largest absolute Gasteiger partial charge is 0.374 e. The second-order valence-corrected chi connectivity index (χ2v) is 9.35. The molecule has 0 radical (unpaired) electrons. The van der Waals surface area contributed by atoms with Crippen LogP contribution < -0.4 is 15.1 Å². The molecule has 3 rings (SSSR count). The average Bonchev–Trinajstić information content (AvgIpc) is 2.91. The van der Waals surface area contributed by atoms with Crippen molar-refractivity contribution in [3.8, 4) is 5.75 Å². The number of nitrogens with zero attached hydrogens (tertiary/aromatic N) is 3. The van der Waals surface area contributed by atoms with E-state index < -0.39 is 44.9 Å². The Morgan fingerprint density at radius 1 is 1.35 bits per heavy atom. The number of amides is 1. The Morgan fingerprint density at radius 3 is 2.65 bits per heavy atom. The maximum Gasteiger partial charge on any atom is 0.306 e. The van der Waals surface area contributed by atoms with Crippen molar-refractivity contribution in [2.75, 3.05) is 13.3 Å². The van der Waals surface area contributed by atoms with Crippen molar-refractivity contribution in [1.82, 2.24) is 19.3 Å². The van der Waals surface area contributed by atoms with Crippen molar-refractivity contribution in [3.63, 3.8) is 0 Å². The first-order valence-corrected chi connectivity index (χ1v) is 11.7. The Balaban J connectivity index is 2.05. The summed E-state index contributed by atoms with van der Waals surface area (Å²) < 4.78 is 44.1. The second kappa shape index (κ2) is 9.33. The predicted molar refractivity (Wildman–Crippen MR) is 112 cm³/mol. The Labute approximate surface area is 184 Å². The molecule has 0 saturated heterocycles. The van der Waals surface area contributed by atoms with Gasteiger partial charge in [0.1, 0.15) is 11.6 Å². The lowest BCUT2D eigenvalue weighted by Crippen LogP contribution is -2.35. The highest BCUT2D eigenvalue weighted by molar-refractivity contribution is 7.86. The summed E-state index contributed by atoms with van der Waals surface area (Å²) in [5.74, 6) is -1.63. The smallest absolute Gasteiger partial charge is 0.306 e. The van der Waals surface area contributed by atoms with Gasteiger partial charge in [-0.1, -0.05) is 12.1 Å². The van der Waals surface area contributed by atoms with Crippen molar-refractivity contribution in [2.45, 2.75) is 38.4 Å². The average molecular weight is 473 g/mol. The molecule has 168 valence electrons. The summed E-state index contributed by atoms with van der Waals surface area (Å²) in [5, 5.41) is 2.56. The number of benzene rings is 1. The van der Waals surface area contributed by atoms with Crippen LogP contribution in [-0.4, -0.2) is 41.6 Å². The quantitative estimate of drug-likeness (QED) is 0.505. The van der Waals surface area contributed by atoms with Crippen LogP contribution in [0.5, 0.6) is 5.75 Å². The fraction of sp³-hybridized carbons (Fsp3) is 0.421.